The zero-order chi connectivity index (χ0) is 16.2. The zero-order valence-corrected chi connectivity index (χ0v) is 13.0. The molecule has 0 saturated heterocycles. The molecular formula is C15H13N5O2S. The molecule has 0 fully saturated rings. The molecule has 0 spiro atoms. The Hall–Kier alpha value is -3.00. The van der Waals surface area contributed by atoms with E-state index in [0.29, 0.717) is 5.13 Å². The average molecular weight is 327 g/mol. The van der Waals surface area contributed by atoms with Gasteiger partial charge in [-0.3, -0.25) is 10.1 Å². The highest BCUT2D eigenvalue weighted by Crippen LogP contribution is 2.26. The van der Waals surface area contributed by atoms with Gasteiger partial charge in [0.2, 0.25) is 0 Å². The largest absolute Gasteiger partial charge is 0.497 e. The molecule has 3 rings (SSSR count). The van der Waals surface area contributed by atoms with Crippen molar-refractivity contribution in [1.82, 2.24) is 15.0 Å². The number of nitrogens with one attached hydrogen (secondary N) is 1. The first-order valence-corrected chi connectivity index (χ1v) is 7.53. The van der Waals surface area contributed by atoms with Crippen molar-refractivity contribution in [1.29, 1.82) is 0 Å². The molecule has 0 radical (unpaired) electrons. The molecule has 8 heteroatoms. The highest BCUT2D eigenvalue weighted by molar-refractivity contribution is 7.14. The SMILES string of the molecule is COc1ccc(-c2csc(NC(=O)c3nccnc3N)n2)cc1. The molecule has 1 aromatic carbocycles. The van der Waals surface area contributed by atoms with Crippen LogP contribution in [-0.4, -0.2) is 28.0 Å². The highest BCUT2D eigenvalue weighted by atomic mass is 32.1. The maximum Gasteiger partial charge on any atom is 0.279 e. The zero-order valence-electron chi connectivity index (χ0n) is 12.2. The van der Waals surface area contributed by atoms with Crippen molar-refractivity contribution in [3.05, 3.63) is 47.7 Å². The topological polar surface area (TPSA) is 103 Å². The summed E-state index contributed by atoms with van der Waals surface area (Å²) in [6, 6.07) is 7.51. The standard InChI is InChI=1S/C15H13N5O2S/c1-22-10-4-2-9(3-5-10)11-8-23-15(19-11)20-14(21)12-13(16)18-7-6-17-12/h2-8H,1H3,(H2,16,18)(H,19,20,21). The molecule has 0 unspecified atom stereocenters. The number of hydrogen-bond donors (Lipinski definition) is 2. The third kappa shape index (κ3) is 3.27. The van der Waals surface area contributed by atoms with Crippen molar-refractivity contribution >= 4 is 28.2 Å². The number of anilines is 2. The molecule has 0 bridgehead atoms. The first kappa shape index (κ1) is 14.9. The van der Waals surface area contributed by atoms with Gasteiger partial charge in [-0.1, -0.05) is 0 Å². The molecule has 0 aliphatic carbocycles. The van der Waals surface area contributed by atoms with Crippen LogP contribution < -0.4 is 15.8 Å². The van der Waals surface area contributed by atoms with Crippen LogP contribution >= 0.6 is 11.3 Å². The van der Waals surface area contributed by atoms with Crippen molar-refractivity contribution < 1.29 is 9.53 Å². The van der Waals surface area contributed by atoms with Gasteiger partial charge in [0.25, 0.3) is 5.91 Å². The fourth-order valence-corrected chi connectivity index (χ4v) is 2.62. The average Bonchev–Trinajstić information content (AvgIpc) is 3.03. The number of nitrogens with zero attached hydrogens (tertiary/aromatic N) is 3. The first-order valence-electron chi connectivity index (χ1n) is 6.65. The summed E-state index contributed by atoms with van der Waals surface area (Å²) < 4.78 is 5.12. The quantitative estimate of drug-likeness (QED) is 0.763. The predicted octanol–water partition coefficient (Wildman–Crippen LogP) is 2.44. The fraction of sp³-hybridized carbons (Fsp3) is 0.0667. The number of ether oxygens (including phenoxy) is 1. The summed E-state index contributed by atoms with van der Waals surface area (Å²) in [5.74, 6) is 0.416. The molecule has 2 heterocycles. The van der Waals surface area contributed by atoms with E-state index in [1.54, 1.807) is 7.11 Å². The third-order valence-corrected chi connectivity index (χ3v) is 3.81. The van der Waals surface area contributed by atoms with Crippen molar-refractivity contribution in [2.45, 2.75) is 0 Å². The number of methoxy groups -OCH3 is 1. The van der Waals surface area contributed by atoms with Crippen molar-refractivity contribution in [2.24, 2.45) is 0 Å². The van der Waals surface area contributed by atoms with Crippen LogP contribution in [0.15, 0.2) is 42.0 Å². The molecule has 0 aliphatic rings. The number of nitrogen functional groups attached to an aromatic ring is 1. The van der Waals surface area contributed by atoms with Crippen LogP contribution in [0.2, 0.25) is 0 Å². The Balaban J connectivity index is 1.76. The first-order chi connectivity index (χ1) is 11.2. The Labute approximate surface area is 136 Å². The van der Waals surface area contributed by atoms with Gasteiger partial charge >= 0.3 is 0 Å². The minimum absolute atomic E-state index is 0.0775. The van der Waals surface area contributed by atoms with E-state index < -0.39 is 5.91 Å². The summed E-state index contributed by atoms with van der Waals surface area (Å²) in [5, 5.41) is 5.00. The number of aromatic nitrogens is 3. The molecule has 3 N–H and O–H groups in total. The maximum atomic E-state index is 12.1. The second kappa shape index (κ2) is 6.41. The summed E-state index contributed by atoms with van der Waals surface area (Å²) >= 11 is 1.32. The maximum absolute atomic E-state index is 12.1. The van der Waals surface area contributed by atoms with Crippen LogP contribution in [0.5, 0.6) is 5.75 Å². The van der Waals surface area contributed by atoms with E-state index in [1.807, 2.05) is 29.6 Å². The predicted molar refractivity (Wildman–Crippen MR) is 88.5 cm³/mol. The summed E-state index contributed by atoms with van der Waals surface area (Å²) in [5.41, 5.74) is 7.41. The number of amides is 1. The molecule has 7 nitrogen and oxygen atoms in total. The molecular weight excluding hydrogens is 314 g/mol. The Kier molecular flexibility index (Phi) is 4.15. The van der Waals surface area contributed by atoms with Crippen LogP contribution in [0.25, 0.3) is 11.3 Å². The van der Waals surface area contributed by atoms with E-state index in [0.717, 1.165) is 17.0 Å². The molecule has 0 aliphatic heterocycles. The van der Waals surface area contributed by atoms with Crippen LogP contribution in [0, 0.1) is 0 Å². The van der Waals surface area contributed by atoms with E-state index in [4.69, 9.17) is 10.5 Å². The van der Waals surface area contributed by atoms with Gasteiger partial charge in [-0.25, -0.2) is 15.0 Å². The number of thiazole rings is 1. The van der Waals surface area contributed by atoms with Gasteiger partial charge in [-0.2, -0.15) is 0 Å². The highest BCUT2D eigenvalue weighted by Gasteiger charge is 2.14. The minimum atomic E-state index is -0.439. The van der Waals surface area contributed by atoms with E-state index in [-0.39, 0.29) is 11.5 Å². The minimum Gasteiger partial charge on any atom is -0.497 e. The van der Waals surface area contributed by atoms with Crippen molar-refractivity contribution in [3.8, 4) is 17.0 Å². The smallest absolute Gasteiger partial charge is 0.279 e. The Morgan fingerprint density at radius 3 is 2.65 bits per heavy atom. The summed E-state index contributed by atoms with van der Waals surface area (Å²) in [6.45, 7) is 0. The number of rotatable bonds is 4. The van der Waals surface area contributed by atoms with E-state index >= 15 is 0 Å². The number of nitrogens with two attached hydrogens (primary N) is 1. The van der Waals surface area contributed by atoms with Gasteiger partial charge in [-0.05, 0) is 24.3 Å². The van der Waals surface area contributed by atoms with E-state index in [1.165, 1.54) is 23.7 Å². The van der Waals surface area contributed by atoms with Gasteiger partial charge in [0.05, 0.1) is 12.8 Å². The Bertz CT molecular complexity index is 832. The monoisotopic (exact) mass is 327 g/mol. The third-order valence-electron chi connectivity index (χ3n) is 3.05. The number of benzene rings is 1. The van der Waals surface area contributed by atoms with E-state index in [9.17, 15) is 4.79 Å². The molecule has 1 amide bonds. The van der Waals surface area contributed by atoms with Gasteiger partial charge in [0, 0.05) is 23.3 Å². The lowest BCUT2D eigenvalue weighted by molar-refractivity contribution is 0.102. The summed E-state index contributed by atoms with van der Waals surface area (Å²) in [7, 11) is 1.61. The molecule has 3 aromatic rings. The molecule has 23 heavy (non-hydrogen) atoms. The van der Waals surface area contributed by atoms with Gasteiger partial charge in [0.1, 0.15) is 5.75 Å². The lowest BCUT2D eigenvalue weighted by Crippen LogP contribution is -2.16. The van der Waals surface area contributed by atoms with Crippen LogP contribution in [-0.2, 0) is 0 Å². The fourth-order valence-electron chi connectivity index (χ4n) is 1.91. The number of carbonyl (C=O) groups excluding carboxylic acids is 1. The second-order valence-corrected chi connectivity index (χ2v) is 5.37. The number of hydrogen-bond acceptors (Lipinski definition) is 7. The van der Waals surface area contributed by atoms with Crippen molar-refractivity contribution in [2.75, 3.05) is 18.2 Å². The molecule has 116 valence electrons. The number of carbonyl (C=O) groups is 1. The van der Waals surface area contributed by atoms with Crippen LogP contribution in [0.1, 0.15) is 10.5 Å². The molecule has 2 aromatic heterocycles. The molecule has 0 atom stereocenters. The Morgan fingerprint density at radius 2 is 1.96 bits per heavy atom. The second-order valence-electron chi connectivity index (χ2n) is 4.51. The van der Waals surface area contributed by atoms with Crippen LogP contribution in [0.4, 0.5) is 10.9 Å². The van der Waals surface area contributed by atoms with Gasteiger partial charge < -0.3 is 10.5 Å². The van der Waals surface area contributed by atoms with Gasteiger partial charge in [-0.15, -0.1) is 11.3 Å². The lowest BCUT2D eigenvalue weighted by Gasteiger charge is -2.03. The summed E-state index contributed by atoms with van der Waals surface area (Å²) in [6.07, 6.45) is 2.84. The van der Waals surface area contributed by atoms with Crippen LogP contribution in [0.3, 0.4) is 0 Å². The molecule has 0 saturated carbocycles. The summed E-state index contributed by atoms with van der Waals surface area (Å²) in [4.78, 5) is 24.3. The van der Waals surface area contributed by atoms with Crippen molar-refractivity contribution in [3.63, 3.8) is 0 Å². The van der Waals surface area contributed by atoms with Gasteiger partial charge in [0.15, 0.2) is 16.6 Å². The normalized spacial score (nSPS) is 10.3. The lowest BCUT2D eigenvalue weighted by atomic mass is 10.2. The Morgan fingerprint density at radius 1 is 1.22 bits per heavy atom. The van der Waals surface area contributed by atoms with E-state index in [2.05, 4.69) is 20.3 Å².